The molecule has 0 radical (unpaired) electrons. The van der Waals surface area contributed by atoms with E-state index in [1.807, 2.05) is 6.07 Å². The number of halogens is 1. The van der Waals surface area contributed by atoms with Crippen molar-refractivity contribution < 1.29 is 9.18 Å². The van der Waals surface area contributed by atoms with Crippen LogP contribution in [0.5, 0.6) is 0 Å². The van der Waals surface area contributed by atoms with Gasteiger partial charge in [-0.25, -0.2) is 13.9 Å². The number of nitrogens with one attached hydrogen (secondary N) is 2. The Balaban J connectivity index is 1.26. The largest absolute Gasteiger partial charge is 0.349 e. The zero-order valence-electron chi connectivity index (χ0n) is 17.0. The molecular formula is C22H20FN7O2. The molecule has 1 aliphatic carbocycles. The van der Waals surface area contributed by atoms with E-state index in [-0.39, 0.29) is 42.2 Å². The van der Waals surface area contributed by atoms with Crippen LogP contribution in [0.4, 0.5) is 4.39 Å². The molecule has 3 heterocycles. The number of carbonyl (C=O) groups is 1. The fourth-order valence-corrected chi connectivity index (χ4v) is 3.50. The number of benzene rings is 1. The summed E-state index contributed by atoms with van der Waals surface area (Å²) in [7, 11) is 0. The van der Waals surface area contributed by atoms with E-state index < -0.39 is 0 Å². The molecule has 1 saturated carbocycles. The van der Waals surface area contributed by atoms with Crippen LogP contribution >= 0.6 is 0 Å². The maximum atomic E-state index is 13.1. The third kappa shape index (κ3) is 3.94. The molecular weight excluding hydrogens is 413 g/mol. The van der Waals surface area contributed by atoms with Gasteiger partial charge in [-0.15, -0.1) is 5.10 Å². The lowest BCUT2D eigenvalue weighted by atomic mass is 10.1. The Hall–Kier alpha value is -4.08. The van der Waals surface area contributed by atoms with E-state index in [1.54, 1.807) is 41.2 Å². The first-order valence-electron chi connectivity index (χ1n) is 10.3. The van der Waals surface area contributed by atoms with Gasteiger partial charge in [-0.2, -0.15) is 5.10 Å². The molecule has 9 nitrogen and oxygen atoms in total. The van der Waals surface area contributed by atoms with Gasteiger partial charge in [-0.1, -0.05) is 0 Å². The number of aromatic amines is 1. The molecule has 3 aromatic heterocycles. The molecule has 32 heavy (non-hydrogen) atoms. The molecule has 0 spiro atoms. The lowest BCUT2D eigenvalue weighted by Crippen LogP contribution is -2.32. The van der Waals surface area contributed by atoms with E-state index in [0.29, 0.717) is 17.1 Å². The molecule has 0 saturated heterocycles. The Morgan fingerprint density at radius 2 is 2.00 bits per heavy atom. The monoisotopic (exact) mass is 433 g/mol. The zero-order chi connectivity index (χ0) is 22.1. The standard InChI is InChI=1S/C22H20FN7O2/c23-16-5-3-14(4-6-16)18-12-19(27-26-18)21(31)25-10-11-29-22(32)30(17-7-8-17)20(28-29)15-2-1-9-24-13-15/h1-6,9,12-13,17H,7-8,10-11H2,(H,25,31)(H,26,27). The van der Waals surface area contributed by atoms with Gasteiger partial charge < -0.3 is 5.32 Å². The van der Waals surface area contributed by atoms with Gasteiger partial charge >= 0.3 is 5.69 Å². The lowest BCUT2D eigenvalue weighted by Gasteiger charge is -2.02. The van der Waals surface area contributed by atoms with E-state index in [9.17, 15) is 14.0 Å². The van der Waals surface area contributed by atoms with Gasteiger partial charge in [0.05, 0.1) is 12.2 Å². The molecule has 10 heteroatoms. The second-order valence-electron chi connectivity index (χ2n) is 7.60. The SMILES string of the molecule is O=C(NCCn1nc(-c2cccnc2)n(C2CC2)c1=O)c1cc(-c2ccc(F)cc2)n[nH]1. The predicted octanol–water partition coefficient (Wildman–Crippen LogP) is 2.40. The number of rotatable bonds is 7. The summed E-state index contributed by atoms with van der Waals surface area (Å²) in [5, 5.41) is 14.1. The third-order valence-corrected chi connectivity index (χ3v) is 5.27. The van der Waals surface area contributed by atoms with E-state index in [1.165, 1.54) is 16.8 Å². The number of hydrogen-bond donors (Lipinski definition) is 2. The van der Waals surface area contributed by atoms with Crippen molar-refractivity contribution in [2.75, 3.05) is 6.54 Å². The van der Waals surface area contributed by atoms with Crippen LogP contribution in [-0.2, 0) is 6.54 Å². The quantitative estimate of drug-likeness (QED) is 0.465. The van der Waals surface area contributed by atoms with Crippen molar-refractivity contribution in [3.05, 3.63) is 76.9 Å². The summed E-state index contributed by atoms with van der Waals surface area (Å²) in [5.41, 5.74) is 2.10. The molecule has 0 bridgehead atoms. The smallest absolute Gasteiger partial charge is 0.346 e. The van der Waals surface area contributed by atoms with Gasteiger partial charge in [0, 0.05) is 36.1 Å². The van der Waals surface area contributed by atoms with E-state index in [0.717, 1.165) is 18.4 Å². The van der Waals surface area contributed by atoms with Crippen molar-refractivity contribution in [3.63, 3.8) is 0 Å². The minimum absolute atomic E-state index is 0.163. The van der Waals surface area contributed by atoms with E-state index in [2.05, 4.69) is 25.6 Å². The van der Waals surface area contributed by atoms with Crippen LogP contribution in [0, 0.1) is 5.82 Å². The van der Waals surface area contributed by atoms with Crippen molar-refractivity contribution in [2.24, 2.45) is 0 Å². The predicted molar refractivity (Wildman–Crippen MR) is 114 cm³/mol. The first-order chi connectivity index (χ1) is 15.6. The molecule has 1 amide bonds. The number of pyridine rings is 1. The third-order valence-electron chi connectivity index (χ3n) is 5.27. The molecule has 0 aliphatic heterocycles. The first kappa shape index (κ1) is 19.9. The zero-order valence-corrected chi connectivity index (χ0v) is 17.0. The van der Waals surface area contributed by atoms with Gasteiger partial charge in [0.2, 0.25) is 0 Å². The summed E-state index contributed by atoms with van der Waals surface area (Å²) < 4.78 is 16.2. The van der Waals surface area contributed by atoms with Crippen LogP contribution in [-0.4, -0.2) is 42.0 Å². The van der Waals surface area contributed by atoms with Crippen LogP contribution in [0.15, 0.2) is 59.7 Å². The Labute approximate surface area is 181 Å². The Kier molecular flexibility index (Phi) is 5.10. The molecule has 1 aromatic carbocycles. The fourth-order valence-electron chi connectivity index (χ4n) is 3.50. The maximum Gasteiger partial charge on any atom is 0.346 e. The van der Waals surface area contributed by atoms with Gasteiger partial charge in [0.25, 0.3) is 5.91 Å². The number of hydrogen-bond acceptors (Lipinski definition) is 5. The highest BCUT2D eigenvalue weighted by Crippen LogP contribution is 2.36. The highest BCUT2D eigenvalue weighted by atomic mass is 19.1. The number of nitrogens with zero attached hydrogens (tertiary/aromatic N) is 5. The topological polar surface area (TPSA) is 110 Å². The summed E-state index contributed by atoms with van der Waals surface area (Å²) in [5.74, 6) is -0.101. The molecule has 162 valence electrons. The second kappa shape index (κ2) is 8.22. The fraction of sp³-hybridized carbons (Fsp3) is 0.227. The van der Waals surface area contributed by atoms with Crippen LogP contribution in [0.1, 0.15) is 29.4 Å². The lowest BCUT2D eigenvalue weighted by molar-refractivity contribution is 0.0946. The average Bonchev–Trinajstić information content (AvgIpc) is 3.42. The van der Waals surface area contributed by atoms with Crippen LogP contribution < -0.4 is 11.0 Å². The molecule has 0 atom stereocenters. The molecule has 1 fully saturated rings. The summed E-state index contributed by atoms with van der Waals surface area (Å²) in [6.45, 7) is 0.453. The highest BCUT2D eigenvalue weighted by molar-refractivity contribution is 5.93. The van der Waals surface area contributed by atoms with E-state index in [4.69, 9.17) is 0 Å². The Morgan fingerprint density at radius 1 is 1.19 bits per heavy atom. The summed E-state index contributed by atoms with van der Waals surface area (Å²) >= 11 is 0. The number of amides is 1. The molecule has 2 N–H and O–H groups in total. The van der Waals surface area contributed by atoms with Crippen LogP contribution in [0.3, 0.4) is 0 Å². The van der Waals surface area contributed by atoms with Crippen molar-refractivity contribution in [1.82, 2.24) is 34.8 Å². The Morgan fingerprint density at radius 3 is 2.72 bits per heavy atom. The van der Waals surface area contributed by atoms with Crippen molar-refractivity contribution >= 4 is 5.91 Å². The van der Waals surface area contributed by atoms with Gasteiger partial charge in [0.1, 0.15) is 11.5 Å². The maximum absolute atomic E-state index is 13.1. The number of aromatic nitrogens is 6. The number of carbonyl (C=O) groups excluding carboxylic acids is 1. The minimum atomic E-state index is -0.354. The highest BCUT2D eigenvalue weighted by Gasteiger charge is 2.30. The van der Waals surface area contributed by atoms with Crippen LogP contribution in [0.2, 0.25) is 0 Å². The molecule has 0 unspecified atom stereocenters. The van der Waals surface area contributed by atoms with Crippen molar-refractivity contribution in [1.29, 1.82) is 0 Å². The molecule has 4 aromatic rings. The van der Waals surface area contributed by atoms with E-state index >= 15 is 0 Å². The van der Waals surface area contributed by atoms with Gasteiger partial charge in [-0.3, -0.25) is 19.4 Å². The van der Waals surface area contributed by atoms with Gasteiger partial charge in [0.15, 0.2) is 5.82 Å². The Bertz CT molecular complexity index is 1300. The summed E-state index contributed by atoms with van der Waals surface area (Å²) in [4.78, 5) is 29.4. The second-order valence-corrected chi connectivity index (χ2v) is 7.60. The van der Waals surface area contributed by atoms with Crippen LogP contribution in [0.25, 0.3) is 22.6 Å². The summed E-state index contributed by atoms with van der Waals surface area (Å²) in [6.07, 6.45) is 5.26. The van der Waals surface area contributed by atoms with Gasteiger partial charge in [-0.05, 0) is 55.3 Å². The normalized spacial score (nSPS) is 13.3. The van der Waals surface area contributed by atoms with Crippen molar-refractivity contribution in [2.45, 2.75) is 25.4 Å². The molecule has 5 rings (SSSR count). The van der Waals surface area contributed by atoms with Crippen molar-refractivity contribution in [3.8, 4) is 22.6 Å². The minimum Gasteiger partial charge on any atom is -0.349 e. The first-order valence-corrected chi connectivity index (χ1v) is 10.3. The summed E-state index contributed by atoms with van der Waals surface area (Å²) in [6, 6.07) is 11.3. The molecule has 1 aliphatic rings. The number of H-pyrrole nitrogens is 1. The average molecular weight is 433 g/mol.